The van der Waals surface area contributed by atoms with Gasteiger partial charge in [-0.25, -0.2) is 0 Å². The number of rotatable bonds is 3. The normalized spacial score (nSPS) is 29.2. The number of likely N-dealkylation sites (N-methyl/N-ethyl adjacent to an activating group) is 1. The van der Waals surface area contributed by atoms with Crippen LogP contribution >= 0.6 is 0 Å². The number of nitrogens with one attached hydrogen (secondary N) is 1. The lowest BCUT2D eigenvalue weighted by Gasteiger charge is -2.36. The minimum absolute atomic E-state index is 0.186. The van der Waals surface area contributed by atoms with E-state index in [1.807, 2.05) is 0 Å². The standard InChI is InChI=1S/C14H27N3O/c1-17-9-10-18-13(11-17)14(16-15)12-7-5-3-2-4-6-8-12/h7,13-14,16H,2-6,8-11,15H2,1H3. The highest BCUT2D eigenvalue weighted by Gasteiger charge is 2.28. The predicted molar refractivity (Wildman–Crippen MR) is 74.1 cm³/mol. The summed E-state index contributed by atoms with van der Waals surface area (Å²) in [4.78, 5) is 2.32. The van der Waals surface area contributed by atoms with Crippen molar-refractivity contribution in [2.45, 2.75) is 50.7 Å². The molecule has 2 unspecified atom stereocenters. The van der Waals surface area contributed by atoms with Crippen molar-refractivity contribution in [1.29, 1.82) is 0 Å². The average molecular weight is 253 g/mol. The lowest BCUT2D eigenvalue weighted by molar-refractivity contribution is -0.0328. The Morgan fingerprint density at radius 3 is 3.00 bits per heavy atom. The van der Waals surface area contributed by atoms with Gasteiger partial charge in [-0.2, -0.15) is 0 Å². The van der Waals surface area contributed by atoms with E-state index >= 15 is 0 Å². The lowest BCUT2D eigenvalue weighted by Crippen LogP contribution is -2.54. The van der Waals surface area contributed by atoms with Gasteiger partial charge in [0.25, 0.3) is 0 Å². The molecule has 0 radical (unpaired) electrons. The van der Waals surface area contributed by atoms with Crippen LogP contribution in [0.15, 0.2) is 11.6 Å². The zero-order chi connectivity index (χ0) is 12.8. The van der Waals surface area contributed by atoms with Gasteiger partial charge in [-0.3, -0.25) is 11.3 Å². The highest BCUT2D eigenvalue weighted by molar-refractivity contribution is 5.14. The first-order valence-corrected chi connectivity index (χ1v) is 7.26. The van der Waals surface area contributed by atoms with Crippen molar-refractivity contribution >= 4 is 0 Å². The number of ether oxygens (including phenoxy) is 1. The second-order valence-electron chi connectivity index (χ2n) is 5.55. The van der Waals surface area contributed by atoms with Crippen LogP contribution in [0.5, 0.6) is 0 Å². The monoisotopic (exact) mass is 253 g/mol. The smallest absolute Gasteiger partial charge is 0.0906 e. The Hall–Kier alpha value is -0.420. The molecule has 104 valence electrons. The molecule has 2 rings (SSSR count). The number of morpholine rings is 1. The van der Waals surface area contributed by atoms with Gasteiger partial charge < -0.3 is 9.64 Å². The highest BCUT2D eigenvalue weighted by atomic mass is 16.5. The van der Waals surface area contributed by atoms with E-state index in [4.69, 9.17) is 10.6 Å². The van der Waals surface area contributed by atoms with Crippen LogP contribution in [-0.2, 0) is 4.74 Å². The second kappa shape index (κ2) is 7.24. The van der Waals surface area contributed by atoms with Crippen molar-refractivity contribution in [2.75, 3.05) is 26.7 Å². The number of nitrogens with two attached hydrogens (primary N) is 1. The van der Waals surface area contributed by atoms with Crippen molar-refractivity contribution in [3.8, 4) is 0 Å². The van der Waals surface area contributed by atoms with Crippen LogP contribution < -0.4 is 11.3 Å². The number of allylic oxidation sites excluding steroid dienone is 1. The van der Waals surface area contributed by atoms with Crippen molar-refractivity contribution in [3.63, 3.8) is 0 Å². The van der Waals surface area contributed by atoms with E-state index in [0.29, 0.717) is 0 Å². The zero-order valence-corrected chi connectivity index (χ0v) is 11.5. The van der Waals surface area contributed by atoms with Crippen LogP contribution in [0.1, 0.15) is 38.5 Å². The van der Waals surface area contributed by atoms with Crippen LogP contribution in [0.4, 0.5) is 0 Å². The first kappa shape index (κ1) is 14.0. The van der Waals surface area contributed by atoms with Crippen molar-refractivity contribution in [2.24, 2.45) is 5.84 Å². The SMILES string of the molecule is CN1CCOC(C(NN)C2=CCCCCCC2)C1. The number of hydrogen-bond acceptors (Lipinski definition) is 4. The molecular formula is C14H27N3O. The fraction of sp³-hybridized carbons (Fsp3) is 0.857. The second-order valence-corrected chi connectivity index (χ2v) is 5.55. The van der Waals surface area contributed by atoms with Crippen LogP contribution in [0.3, 0.4) is 0 Å². The first-order valence-electron chi connectivity index (χ1n) is 7.26. The topological polar surface area (TPSA) is 50.5 Å². The zero-order valence-electron chi connectivity index (χ0n) is 11.5. The third kappa shape index (κ3) is 3.79. The van der Waals surface area contributed by atoms with Gasteiger partial charge in [0.2, 0.25) is 0 Å². The van der Waals surface area contributed by atoms with E-state index in [-0.39, 0.29) is 12.1 Å². The van der Waals surface area contributed by atoms with Gasteiger partial charge in [0.05, 0.1) is 18.8 Å². The third-order valence-electron chi connectivity index (χ3n) is 4.07. The van der Waals surface area contributed by atoms with Crippen molar-refractivity contribution in [1.82, 2.24) is 10.3 Å². The molecule has 1 aliphatic carbocycles. The largest absolute Gasteiger partial charge is 0.374 e. The van der Waals surface area contributed by atoms with Gasteiger partial charge in [0.15, 0.2) is 0 Å². The van der Waals surface area contributed by atoms with E-state index in [1.54, 1.807) is 0 Å². The molecular weight excluding hydrogens is 226 g/mol. The minimum Gasteiger partial charge on any atom is -0.374 e. The maximum absolute atomic E-state index is 5.90. The Bertz CT molecular complexity index is 280. The van der Waals surface area contributed by atoms with Crippen LogP contribution in [-0.4, -0.2) is 43.8 Å². The van der Waals surface area contributed by atoms with Crippen LogP contribution in [0, 0.1) is 0 Å². The van der Waals surface area contributed by atoms with Gasteiger partial charge in [-0.1, -0.05) is 24.5 Å². The summed E-state index contributed by atoms with van der Waals surface area (Å²) < 4.78 is 5.90. The number of nitrogens with zero attached hydrogens (tertiary/aromatic N) is 1. The fourth-order valence-corrected chi connectivity index (χ4v) is 2.96. The molecule has 2 atom stereocenters. The first-order chi connectivity index (χ1) is 8.81. The van der Waals surface area contributed by atoms with Crippen molar-refractivity contribution in [3.05, 3.63) is 11.6 Å². The van der Waals surface area contributed by atoms with Crippen LogP contribution in [0.2, 0.25) is 0 Å². The molecule has 18 heavy (non-hydrogen) atoms. The van der Waals surface area contributed by atoms with Gasteiger partial charge in [0, 0.05) is 13.1 Å². The Morgan fingerprint density at radius 1 is 1.39 bits per heavy atom. The predicted octanol–water partition coefficient (Wildman–Crippen LogP) is 1.43. The van der Waals surface area contributed by atoms with E-state index < -0.39 is 0 Å². The molecule has 0 aromatic heterocycles. The van der Waals surface area contributed by atoms with E-state index in [0.717, 1.165) is 19.7 Å². The average Bonchev–Trinajstić information content (AvgIpc) is 2.32. The summed E-state index contributed by atoms with van der Waals surface area (Å²) in [6, 6.07) is 0.186. The molecule has 0 saturated carbocycles. The van der Waals surface area contributed by atoms with E-state index in [2.05, 4.69) is 23.4 Å². The summed E-state index contributed by atoms with van der Waals surface area (Å²) in [5.41, 5.74) is 4.45. The minimum atomic E-state index is 0.186. The molecule has 3 N–H and O–H groups in total. The Morgan fingerprint density at radius 2 is 2.22 bits per heavy atom. The summed E-state index contributed by atoms with van der Waals surface area (Å²) >= 11 is 0. The summed E-state index contributed by atoms with van der Waals surface area (Å²) in [5, 5.41) is 0. The fourth-order valence-electron chi connectivity index (χ4n) is 2.96. The molecule has 1 saturated heterocycles. The molecule has 0 amide bonds. The van der Waals surface area contributed by atoms with Gasteiger partial charge in [-0.15, -0.1) is 0 Å². The molecule has 0 bridgehead atoms. The quantitative estimate of drug-likeness (QED) is 0.454. The highest BCUT2D eigenvalue weighted by Crippen LogP contribution is 2.23. The summed E-state index contributed by atoms with van der Waals surface area (Å²) in [6.45, 7) is 2.80. The van der Waals surface area contributed by atoms with Crippen molar-refractivity contribution < 1.29 is 4.74 Å². The molecule has 2 aliphatic rings. The van der Waals surface area contributed by atoms with E-state index in [9.17, 15) is 0 Å². The molecule has 4 heteroatoms. The van der Waals surface area contributed by atoms with Gasteiger partial charge in [-0.05, 0) is 32.7 Å². The molecule has 4 nitrogen and oxygen atoms in total. The molecule has 1 aliphatic heterocycles. The number of hydrazine groups is 1. The maximum Gasteiger partial charge on any atom is 0.0906 e. The number of hydrogen-bond donors (Lipinski definition) is 2. The summed E-state index contributed by atoms with van der Waals surface area (Å²) in [7, 11) is 2.15. The van der Waals surface area contributed by atoms with Crippen LogP contribution in [0.25, 0.3) is 0 Å². The van der Waals surface area contributed by atoms with Gasteiger partial charge >= 0.3 is 0 Å². The summed E-state index contributed by atoms with van der Waals surface area (Å²) in [6.07, 6.45) is 10.3. The molecule has 0 aromatic rings. The maximum atomic E-state index is 5.90. The third-order valence-corrected chi connectivity index (χ3v) is 4.07. The molecule has 0 spiro atoms. The summed E-state index contributed by atoms with van der Waals surface area (Å²) in [5.74, 6) is 5.78. The lowest BCUT2D eigenvalue weighted by atomic mass is 9.92. The van der Waals surface area contributed by atoms with Gasteiger partial charge in [0.1, 0.15) is 0 Å². The molecule has 1 heterocycles. The van der Waals surface area contributed by atoms with E-state index in [1.165, 1.54) is 44.1 Å². The Kier molecular flexibility index (Phi) is 5.63. The Balaban J connectivity index is 2.01. The Labute approximate surface area is 111 Å². The molecule has 0 aromatic carbocycles. The molecule has 1 fully saturated rings.